The van der Waals surface area contributed by atoms with Gasteiger partial charge in [0, 0.05) is 32.0 Å². The highest BCUT2D eigenvalue weighted by atomic mass is 16.2. The van der Waals surface area contributed by atoms with Crippen LogP contribution in [0, 0.1) is 5.92 Å². The van der Waals surface area contributed by atoms with E-state index in [0.29, 0.717) is 26.1 Å². The van der Waals surface area contributed by atoms with Crippen molar-refractivity contribution >= 4 is 11.8 Å². The Bertz CT molecular complexity index is 236. The van der Waals surface area contributed by atoms with Gasteiger partial charge in [-0.05, 0) is 12.8 Å². The van der Waals surface area contributed by atoms with Crippen molar-refractivity contribution in [1.29, 1.82) is 0 Å². The summed E-state index contributed by atoms with van der Waals surface area (Å²) in [4.78, 5) is 24.4. The Balaban J connectivity index is 1.90. The van der Waals surface area contributed by atoms with Crippen LogP contribution < -0.4 is 5.32 Å². The molecule has 0 aromatic carbocycles. The summed E-state index contributed by atoms with van der Waals surface area (Å²) in [5, 5.41) is 2.76. The fourth-order valence-corrected chi connectivity index (χ4v) is 1.58. The number of nitrogens with one attached hydrogen (secondary N) is 1. The zero-order valence-corrected chi connectivity index (χ0v) is 7.58. The quantitative estimate of drug-likeness (QED) is 0.607. The molecular formula is C9H14N2O2. The van der Waals surface area contributed by atoms with Crippen LogP contribution in [-0.2, 0) is 9.59 Å². The summed E-state index contributed by atoms with van der Waals surface area (Å²) in [6, 6.07) is 0. The van der Waals surface area contributed by atoms with E-state index in [1.54, 1.807) is 0 Å². The van der Waals surface area contributed by atoms with Crippen LogP contribution in [0.25, 0.3) is 0 Å². The van der Waals surface area contributed by atoms with Crippen LogP contribution in [-0.4, -0.2) is 36.3 Å². The largest absolute Gasteiger partial charge is 0.354 e. The Labute approximate surface area is 77.3 Å². The lowest BCUT2D eigenvalue weighted by Crippen LogP contribution is -2.35. The van der Waals surface area contributed by atoms with Gasteiger partial charge in [-0.15, -0.1) is 0 Å². The molecular weight excluding hydrogens is 168 g/mol. The molecule has 1 heterocycles. The van der Waals surface area contributed by atoms with Gasteiger partial charge < -0.3 is 10.2 Å². The summed E-state index contributed by atoms with van der Waals surface area (Å²) in [5.74, 6) is 0.579. The Morgan fingerprint density at radius 1 is 1.38 bits per heavy atom. The van der Waals surface area contributed by atoms with E-state index >= 15 is 0 Å². The second-order valence-corrected chi connectivity index (χ2v) is 3.70. The van der Waals surface area contributed by atoms with E-state index in [9.17, 15) is 9.59 Å². The maximum absolute atomic E-state index is 11.6. The van der Waals surface area contributed by atoms with Crippen molar-refractivity contribution in [3.8, 4) is 0 Å². The highest BCUT2D eigenvalue weighted by Crippen LogP contribution is 2.31. The number of rotatable bonds is 1. The molecule has 0 unspecified atom stereocenters. The predicted molar refractivity (Wildman–Crippen MR) is 46.9 cm³/mol. The van der Waals surface area contributed by atoms with Gasteiger partial charge in [0.25, 0.3) is 0 Å². The molecule has 2 aliphatic rings. The topological polar surface area (TPSA) is 49.4 Å². The minimum Gasteiger partial charge on any atom is -0.354 e. The van der Waals surface area contributed by atoms with E-state index in [0.717, 1.165) is 12.8 Å². The van der Waals surface area contributed by atoms with Crippen LogP contribution in [0.2, 0.25) is 0 Å². The van der Waals surface area contributed by atoms with E-state index in [-0.39, 0.29) is 17.7 Å². The minimum atomic E-state index is 0.0612. The van der Waals surface area contributed by atoms with Gasteiger partial charge in [-0.2, -0.15) is 0 Å². The van der Waals surface area contributed by atoms with Crippen molar-refractivity contribution in [2.24, 2.45) is 5.92 Å². The molecule has 0 bridgehead atoms. The van der Waals surface area contributed by atoms with Crippen LogP contribution in [0.15, 0.2) is 0 Å². The normalized spacial score (nSPS) is 23.7. The van der Waals surface area contributed by atoms with Gasteiger partial charge in [-0.25, -0.2) is 0 Å². The number of hydrogen-bond donors (Lipinski definition) is 1. The van der Waals surface area contributed by atoms with E-state index in [1.807, 2.05) is 4.90 Å². The molecule has 0 aromatic heterocycles. The standard InChI is InChI=1S/C9H14N2O2/c12-8-3-5-11(6-4-10-8)9(13)7-1-2-7/h7H,1-6H2,(H,10,12). The van der Waals surface area contributed by atoms with Crippen molar-refractivity contribution in [2.45, 2.75) is 19.3 Å². The first-order valence-electron chi connectivity index (χ1n) is 4.83. The van der Waals surface area contributed by atoms with E-state index in [4.69, 9.17) is 0 Å². The summed E-state index contributed by atoms with van der Waals surface area (Å²) in [5.41, 5.74) is 0. The van der Waals surface area contributed by atoms with Gasteiger partial charge in [-0.1, -0.05) is 0 Å². The third-order valence-corrected chi connectivity index (χ3v) is 2.55. The molecule has 4 heteroatoms. The first kappa shape index (κ1) is 8.53. The van der Waals surface area contributed by atoms with Gasteiger partial charge in [-0.3, -0.25) is 9.59 Å². The Kier molecular flexibility index (Phi) is 2.20. The first-order chi connectivity index (χ1) is 6.27. The summed E-state index contributed by atoms with van der Waals surface area (Å²) >= 11 is 0. The lowest BCUT2D eigenvalue weighted by Gasteiger charge is -2.18. The summed E-state index contributed by atoms with van der Waals surface area (Å²) in [6.07, 6.45) is 2.53. The lowest BCUT2D eigenvalue weighted by molar-refractivity contribution is -0.132. The zero-order chi connectivity index (χ0) is 9.26. The summed E-state index contributed by atoms with van der Waals surface area (Å²) in [6.45, 7) is 1.89. The van der Waals surface area contributed by atoms with Crippen molar-refractivity contribution in [3.05, 3.63) is 0 Å². The molecule has 2 amide bonds. The summed E-state index contributed by atoms with van der Waals surface area (Å²) in [7, 11) is 0. The minimum absolute atomic E-state index is 0.0612. The van der Waals surface area contributed by atoms with Crippen molar-refractivity contribution in [2.75, 3.05) is 19.6 Å². The average Bonchev–Trinajstić information content (AvgIpc) is 2.89. The van der Waals surface area contributed by atoms with Crippen molar-refractivity contribution in [3.63, 3.8) is 0 Å². The lowest BCUT2D eigenvalue weighted by atomic mass is 10.3. The van der Waals surface area contributed by atoms with Gasteiger partial charge in [0.2, 0.25) is 11.8 Å². The third-order valence-electron chi connectivity index (χ3n) is 2.55. The second-order valence-electron chi connectivity index (χ2n) is 3.70. The molecule has 0 aromatic rings. The van der Waals surface area contributed by atoms with Gasteiger partial charge >= 0.3 is 0 Å². The zero-order valence-electron chi connectivity index (χ0n) is 7.58. The Morgan fingerprint density at radius 2 is 2.15 bits per heavy atom. The van der Waals surface area contributed by atoms with E-state index in [1.165, 1.54) is 0 Å². The number of hydrogen-bond acceptors (Lipinski definition) is 2. The first-order valence-corrected chi connectivity index (χ1v) is 4.83. The number of carbonyl (C=O) groups excluding carboxylic acids is 2. The Hall–Kier alpha value is -1.06. The van der Waals surface area contributed by atoms with Crippen molar-refractivity contribution in [1.82, 2.24) is 10.2 Å². The van der Waals surface area contributed by atoms with Gasteiger partial charge in [0.1, 0.15) is 0 Å². The molecule has 0 spiro atoms. The highest BCUT2D eigenvalue weighted by Gasteiger charge is 2.33. The SMILES string of the molecule is O=C1CCN(C(=O)C2CC2)CCN1. The van der Waals surface area contributed by atoms with Gasteiger partial charge in [0.05, 0.1) is 0 Å². The second kappa shape index (κ2) is 3.36. The van der Waals surface area contributed by atoms with Gasteiger partial charge in [0.15, 0.2) is 0 Å². The van der Waals surface area contributed by atoms with Crippen molar-refractivity contribution < 1.29 is 9.59 Å². The molecule has 1 saturated carbocycles. The molecule has 0 radical (unpaired) electrons. The third kappa shape index (κ3) is 1.99. The molecule has 4 nitrogen and oxygen atoms in total. The van der Waals surface area contributed by atoms with Crippen LogP contribution in [0.5, 0.6) is 0 Å². The molecule has 1 N–H and O–H groups in total. The maximum atomic E-state index is 11.6. The van der Waals surface area contributed by atoms with Crippen LogP contribution >= 0.6 is 0 Å². The molecule has 1 aliphatic heterocycles. The molecule has 2 rings (SSSR count). The monoisotopic (exact) mass is 182 g/mol. The van der Waals surface area contributed by atoms with E-state index in [2.05, 4.69) is 5.32 Å². The van der Waals surface area contributed by atoms with Crippen LogP contribution in [0.3, 0.4) is 0 Å². The number of nitrogens with zero attached hydrogens (tertiary/aromatic N) is 1. The fraction of sp³-hybridized carbons (Fsp3) is 0.778. The number of carbonyl (C=O) groups is 2. The van der Waals surface area contributed by atoms with Crippen LogP contribution in [0.1, 0.15) is 19.3 Å². The molecule has 13 heavy (non-hydrogen) atoms. The van der Waals surface area contributed by atoms with Crippen LogP contribution in [0.4, 0.5) is 0 Å². The van der Waals surface area contributed by atoms with E-state index < -0.39 is 0 Å². The molecule has 1 aliphatic carbocycles. The molecule has 0 atom stereocenters. The predicted octanol–water partition coefficient (Wildman–Crippen LogP) is -0.255. The Morgan fingerprint density at radius 3 is 2.85 bits per heavy atom. The molecule has 72 valence electrons. The fourth-order valence-electron chi connectivity index (χ4n) is 1.58. The number of amides is 2. The maximum Gasteiger partial charge on any atom is 0.225 e. The average molecular weight is 182 g/mol. The smallest absolute Gasteiger partial charge is 0.225 e. The molecule has 1 saturated heterocycles. The summed E-state index contributed by atoms with van der Waals surface area (Å²) < 4.78 is 0. The molecule has 2 fully saturated rings. The highest BCUT2D eigenvalue weighted by molar-refractivity contribution is 5.83.